The normalized spacial score (nSPS) is 10.7. The number of alkyl halides is 3. The summed E-state index contributed by atoms with van der Waals surface area (Å²) in [6, 6.07) is 11.6. The van der Waals surface area contributed by atoms with E-state index in [9.17, 15) is 27.6 Å². The molecular weight excluding hydrogens is 421 g/mol. The monoisotopic (exact) mass is 440 g/mol. The van der Waals surface area contributed by atoms with Crippen molar-refractivity contribution in [1.82, 2.24) is 10.6 Å². The number of benzene rings is 2. The number of methoxy groups -OCH3 is 1. The lowest BCUT2D eigenvalue weighted by Gasteiger charge is -2.13. The number of hydrogen-bond acceptors (Lipinski definition) is 6. The molecule has 0 saturated heterocycles. The minimum atomic E-state index is -4.87. The van der Waals surface area contributed by atoms with E-state index in [0.717, 1.165) is 6.07 Å². The van der Waals surface area contributed by atoms with Crippen molar-refractivity contribution in [1.29, 1.82) is 0 Å². The first-order valence-corrected chi connectivity index (χ1v) is 8.86. The van der Waals surface area contributed by atoms with E-state index in [1.807, 2.05) is 0 Å². The molecule has 0 aliphatic rings. The molecule has 0 atom stereocenters. The third kappa shape index (κ3) is 8.25. The van der Waals surface area contributed by atoms with E-state index < -0.39 is 43.0 Å². The summed E-state index contributed by atoms with van der Waals surface area (Å²) in [7, 11) is 1.45. The van der Waals surface area contributed by atoms with E-state index in [0.29, 0.717) is 5.75 Å². The molecule has 0 fully saturated rings. The van der Waals surface area contributed by atoms with Gasteiger partial charge in [0.15, 0.2) is 6.61 Å². The fourth-order valence-corrected chi connectivity index (χ4v) is 2.33. The highest BCUT2D eigenvalue weighted by Gasteiger charge is 2.32. The highest BCUT2D eigenvalue weighted by molar-refractivity contribution is 5.96. The van der Waals surface area contributed by atoms with E-state index in [-0.39, 0.29) is 17.7 Å². The minimum absolute atomic E-state index is 0.0880. The van der Waals surface area contributed by atoms with Gasteiger partial charge in [0.2, 0.25) is 0 Å². The predicted molar refractivity (Wildman–Crippen MR) is 101 cm³/mol. The Morgan fingerprint density at radius 1 is 1.00 bits per heavy atom. The Labute approximate surface area is 175 Å². The van der Waals surface area contributed by atoms with E-state index in [1.54, 1.807) is 12.1 Å². The average Bonchev–Trinajstić information content (AvgIpc) is 2.74. The Morgan fingerprint density at radius 3 is 2.45 bits per heavy atom. The molecule has 31 heavy (non-hydrogen) atoms. The quantitative estimate of drug-likeness (QED) is 0.580. The van der Waals surface area contributed by atoms with Crippen LogP contribution in [-0.4, -0.2) is 44.4 Å². The van der Waals surface area contributed by atoms with Gasteiger partial charge in [-0.05, 0) is 24.3 Å². The molecule has 11 heteroatoms. The average molecular weight is 440 g/mol. The van der Waals surface area contributed by atoms with Crippen LogP contribution in [0.3, 0.4) is 0 Å². The summed E-state index contributed by atoms with van der Waals surface area (Å²) in [6.07, 6.45) is -4.87. The van der Waals surface area contributed by atoms with Crippen molar-refractivity contribution in [2.24, 2.45) is 0 Å². The molecule has 2 N–H and O–H groups in total. The Kier molecular flexibility index (Phi) is 8.24. The summed E-state index contributed by atoms with van der Waals surface area (Å²) in [5, 5.41) is 4.66. The minimum Gasteiger partial charge on any atom is -0.497 e. The van der Waals surface area contributed by atoms with E-state index in [4.69, 9.17) is 9.47 Å². The van der Waals surface area contributed by atoms with Crippen LogP contribution in [0.2, 0.25) is 0 Å². The molecule has 0 aliphatic heterocycles. The summed E-state index contributed by atoms with van der Waals surface area (Å²) in [5.74, 6) is -2.13. The van der Waals surface area contributed by atoms with Gasteiger partial charge < -0.3 is 24.8 Å². The van der Waals surface area contributed by atoms with Gasteiger partial charge in [-0.15, -0.1) is 13.2 Å². The molecule has 2 rings (SSSR count). The number of amides is 2. The SMILES string of the molecule is COc1cccc(C(=O)NCC(=O)OCC(=O)NCc2ccccc2OC(F)(F)F)c1. The number of halogens is 3. The zero-order valence-corrected chi connectivity index (χ0v) is 16.3. The Balaban J connectivity index is 1.75. The Bertz CT molecular complexity index is 933. The number of carbonyl (C=O) groups excluding carboxylic acids is 3. The number of nitrogens with one attached hydrogen (secondary N) is 2. The number of rotatable bonds is 9. The van der Waals surface area contributed by atoms with Gasteiger partial charge in [0.05, 0.1) is 7.11 Å². The molecule has 0 spiro atoms. The fraction of sp³-hybridized carbons (Fsp3) is 0.250. The maximum Gasteiger partial charge on any atom is 0.573 e. The molecule has 0 heterocycles. The molecule has 0 aromatic heterocycles. The summed E-state index contributed by atoms with van der Waals surface area (Å²) < 4.78 is 50.8. The first-order chi connectivity index (χ1) is 14.7. The lowest BCUT2D eigenvalue weighted by Crippen LogP contribution is -2.33. The van der Waals surface area contributed by atoms with E-state index in [2.05, 4.69) is 15.4 Å². The molecule has 2 aromatic carbocycles. The van der Waals surface area contributed by atoms with Crippen molar-refractivity contribution in [2.75, 3.05) is 20.3 Å². The van der Waals surface area contributed by atoms with Crippen LogP contribution in [0.1, 0.15) is 15.9 Å². The molecule has 8 nitrogen and oxygen atoms in total. The van der Waals surface area contributed by atoms with Crippen molar-refractivity contribution in [2.45, 2.75) is 12.9 Å². The number of ether oxygens (including phenoxy) is 3. The van der Waals surface area contributed by atoms with Crippen molar-refractivity contribution in [3.8, 4) is 11.5 Å². The molecule has 0 saturated carbocycles. The largest absolute Gasteiger partial charge is 0.573 e. The molecule has 0 radical (unpaired) electrons. The number of para-hydroxylation sites is 1. The summed E-state index contributed by atoms with van der Waals surface area (Å²) in [4.78, 5) is 35.5. The van der Waals surface area contributed by atoms with Crippen molar-refractivity contribution < 1.29 is 41.8 Å². The first-order valence-electron chi connectivity index (χ1n) is 8.86. The molecule has 0 unspecified atom stereocenters. The smallest absolute Gasteiger partial charge is 0.497 e. The van der Waals surface area contributed by atoms with Gasteiger partial charge in [-0.1, -0.05) is 24.3 Å². The highest BCUT2D eigenvalue weighted by Crippen LogP contribution is 2.26. The van der Waals surface area contributed by atoms with Gasteiger partial charge in [-0.3, -0.25) is 14.4 Å². The molecule has 0 bridgehead atoms. The van der Waals surface area contributed by atoms with Crippen LogP contribution in [0, 0.1) is 0 Å². The second-order valence-corrected chi connectivity index (χ2v) is 6.01. The van der Waals surface area contributed by atoms with Crippen molar-refractivity contribution in [3.63, 3.8) is 0 Å². The van der Waals surface area contributed by atoms with Crippen LogP contribution >= 0.6 is 0 Å². The van der Waals surface area contributed by atoms with Crippen molar-refractivity contribution in [3.05, 3.63) is 59.7 Å². The third-order valence-corrected chi connectivity index (χ3v) is 3.76. The van der Waals surface area contributed by atoms with Gasteiger partial charge in [0.1, 0.15) is 18.0 Å². The molecular formula is C20H19F3N2O6. The molecule has 0 aliphatic carbocycles. The van der Waals surface area contributed by atoms with Crippen LogP contribution in [0.25, 0.3) is 0 Å². The van der Waals surface area contributed by atoms with Gasteiger partial charge in [0.25, 0.3) is 11.8 Å². The summed E-state index contributed by atoms with van der Waals surface area (Å²) in [6.45, 7) is -1.42. The second-order valence-electron chi connectivity index (χ2n) is 6.01. The van der Waals surface area contributed by atoms with Crippen molar-refractivity contribution >= 4 is 17.8 Å². The number of esters is 1. The summed E-state index contributed by atoms with van der Waals surface area (Å²) in [5.41, 5.74) is 0.356. The zero-order valence-electron chi connectivity index (χ0n) is 16.3. The number of carbonyl (C=O) groups is 3. The molecule has 2 amide bonds. The van der Waals surface area contributed by atoms with Gasteiger partial charge in [-0.2, -0.15) is 0 Å². The van der Waals surface area contributed by atoms with E-state index >= 15 is 0 Å². The first kappa shape index (κ1) is 23.5. The Morgan fingerprint density at radius 2 is 1.74 bits per heavy atom. The highest BCUT2D eigenvalue weighted by atomic mass is 19.4. The zero-order chi connectivity index (χ0) is 22.9. The van der Waals surface area contributed by atoms with Crippen LogP contribution in [-0.2, 0) is 20.9 Å². The molecule has 166 valence electrons. The standard InChI is InChI=1S/C20H19F3N2O6/c1-29-15-7-4-6-13(9-15)19(28)25-11-18(27)30-12-17(26)24-10-14-5-2-3-8-16(14)31-20(21,22)23/h2-9H,10-12H2,1H3,(H,24,26)(H,25,28). The van der Waals surface area contributed by atoms with E-state index in [1.165, 1.54) is 37.4 Å². The lowest BCUT2D eigenvalue weighted by atomic mass is 10.2. The van der Waals surface area contributed by atoms with Crippen LogP contribution in [0.15, 0.2) is 48.5 Å². The lowest BCUT2D eigenvalue weighted by molar-refractivity contribution is -0.274. The summed E-state index contributed by atoms with van der Waals surface area (Å²) >= 11 is 0. The van der Waals surface area contributed by atoms with Gasteiger partial charge >= 0.3 is 12.3 Å². The third-order valence-electron chi connectivity index (χ3n) is 3.76. The van der Waals surface area contributed by atoms with Gasteiger partial charge in [-0.25, -0.2) is 0 Å². The van der Waals surface area contributed by atoms with Crippen LogP contribution in [0.4, 0.5) is 13.2 Å². The predicted octanol–water partition coefficient (Wildman–Crippen LogP) is 2.18. The second kappa shape index (κ2) is 10.9. The Hall–Kier alpha value is -3.76. The van der Waals surface area contributed by atoms with Crippen LogP contribution in [0.5, 0.6) is 11.5 Å². The molecule has 2 aromatic rings. The number of hydrogen-bond donors (Lipinski definition) is 2. The maximum absolute atomic E-state index is 12.4. The van der Waals surface area contributed by atoms with Gasteiger partial charge in [0, 0.05) is 17.7 Å². The fourth-order valence-electron chi connectivity index (χ4n) is 2.33. The van der Waals surface area contributed by atoms with Crippen LogP contribution < -0.4 is 20.1 Å². The topological polar surface area (TPSA) is 103 Å². The maximum atomic E-state index is 12.4.